The first-order valence-electron chi connectivity index (χ1n) is 4.05. The van der Waals surface area contributed by atoms with Crippen LogP contribution in [-0.2, 0) is 9.59 Å². The van der Waals surface area contributed by atoms with E-state index in [1.54, 1.807) is 10.2 Å². The molecule has 0 spiro atoms. The summed E-state index contributed by atoms with van der Waals surface area (Å²) in [5.41, 5.74) is 0. The van der Waals surface area contributed by atoms with Gasteiger partial charge in [-0.2, -0.15) is 0 Å². The van der Waals surface area contributed by atoms with Gasteiger partial charge in [-0.15, -0.1) is 0 Å². The van der Waals surface area contributed by atoms with Crippen molar-refractivity contribution in [3.8, 4) is 0 Å². The van der Waals surface area contributed by atoms with Crippen LogP contribution in [0.3, 0.4) is 0 Å². The second-order valence-electron chi connectivity index (χ2n) is 2.70. The first-order valence-corrected chi connectivity index (χ1v) is 7.09. The molecule has 14 heavy (non-hydrogen) atoms. The molecule has 0 saturated heterocycles. The summed E-state index contributed by atoms with van der Waals surface area (Å²) in [5, 5.41) is 3.57. The quantitative estimate of drug-likeness (QED) is 0.538. The number of amides is 2. The van der Waals surface area contributed by atoms with Crippen molar-refractivity contribution in [2.24, 2.45) is 0 Å². The number of hydrogen-bond donors (Lipinski definition) is 4. The molecule has 0 aromatic heterocycles. The molecule has 0 saturated carbocycles. The molecule has 0 bridgehead atoms. The van der Waals surface area contributed by atoms with Crippen LogP contribution in [0, 0.1) is 0 Å². The predicted molar refractivity (Wildman–Crippen MR) is 54.1 cm³/mol. The summed E-state index contributed by atoms with van der Waals surface area (Å²) in [5.74, 6) is -1.31. The van der Waals surface area contributed by atoms with Gasteiger partial charge in [-0.25, -0.2) is 0 Å². The minimum atomic E-state index is -5.06. The summed E-state index contributed by atoms with van der Waals surface area (Å²) in [6.45, 7) is -2.04. The van der Waals surface area contributed by atoms with Crippen LogP contribution in [0.1, 0.15) is 26.7 Å². The van der Waals surface area contributed by atoms with E-state index in [0.717, 1.165) is 0 Å². The van der Waals surface area contributed by atoms with Crippen LogP contribution in [-0.4, -0.2) is 21.6 Å². The average Bonchev–Trinajstić information content (AvgIpc) is 2.01. The van der Waals surface area contributed by atoms with E-state index >= 15 is 0 Å². The molecule has 0 aromatic carbocycles. The summed E-state index contributed by atoms with van der Waals surface area (Å²) in [4.78, 5) is 40.5. The van der Waals surface area contributed by atoms with Crippen molar-refractivity contribution < 1.29 is 19.4 Å². The summed E-state index contributed by atoms with van der Waals surface area (Å²) in [6, 6.07) is 0. The molecule has 4 N–H and O–H groups in total. The Morgan fingerprint density at radius 2 is 1.43 bits per heavy atom. The second kappa shape index (κ2) is 4.40. The molecule has 0 aliphatic carbocycles. The molecule has 0 aliphatic heterocycles. The third kappa shape index (κ3) is 5.34. The van der Waals surface area contributed by atoms with Gasteiger partial charge in [0.05, 0.1) is 0 Å². The summed E-state index contributed by atoms with van der Waals surface area (Å²) in [6.07, 6.45) is 0.0709. The van der Waals surface area contributed by atoms with Crippen LogP contribution in [0.5, 0.6) is 0 Å². The fourth-order valence-electron chi connectivity index (χ4n) is 0.628. The Hall–Kier alpha value is -0.420. The van der Waals surface area contributed by atoms with Crippen molar-refractivity contribution in [2.45, 2.75) is 26.7 Å². The van der Waals surface area contributed by atoms with Gasteiger partial charge in [0.25, 0.3) is 0 Å². The van der Waals surface area contributed by atoms with Crippen molar-refractivity contribution in [1.29, 1.82) is 0 Å². The van der Waals surface area contributed by atoms with E-state index in [4.69, 9.17) is 11.2 Å². The van der Waals surface area contributed by atoms with Crippen LogP contribution in [0.25, 0.3) is 0 Å². The van der Waals surface area contributed by atoms with Crippen LogP contribution in [0.15, 0.2) is 0 Å². The molecular weight excluding hydrogens is 231 g/mol. The first kappa shape index (κ1) is 13.6. The Kier molecular flexibility index (Phi) is 4.27. The van der Waals surface area contributed by atoms with Crippen LogP contribution >= 0.6 is 18.0 Å². The predicted octanol–water partition coefficient (Wildman–Crippen LogP) is 0.390. The molecule has 6 nitrogen and oxygen atoms in total. The molecular formula is C6H14ClN2O4P. The van der Waals surface area contributed by atoms with E-state index in [-0.39, 0.29) is 12.8 Å². The van der Waals surface area contributed by atoms with Crippen molar-refractivity contribution in [1.82, 2.24) is 10.2 Å². The molecule has 2 amide bonds. The maximum atomic E-state index is 10.9. The molecule has 0 rings (SSSR count). The number of halogens is 1. The Labute approximate surface area is 86.6 Å². The maximum absolute atomic E-state index is 10.9. The Morgan fingerprint density at radius 3 is 1.64 bits per heavy atom. The van der Waals surface area contributed by atoms with Crippen molar-refractivity contribution in [3.63, 3.8) is 0 Å². The summed E-state index contributed by atoms with van der Waals surface area (Å²) in [7, 11) is 0. The van der Waals surface area contributed by atoms with E-state index < -0.39 is 18.5 Å². The zero-order valence-corrected chi connectivity index (χ0v) is 9.60. The fraction of sp³-hybridized carbons (Fsp3) is 0.667. The van der Waals surface area contributed by atoms with Gasteiger partial charge in [0.2, 0.25) is 0 Å². The van der Waals surface area contributed by atoms with Gasteiger partial charge in [0.1, 0.15) is 0 Å². The third-order valence-electron chi connectivity index (χ3n) is 1.29. The normalized spacial score (nSPS) is 13.9. The molecule has 0 radical (unpaired) electrons. The van der Waals surface area contributed by atoms with Crippen molar-refractivity contribution in [2.75, 3.05) is 0 Å². The van der Waals surface area contributed by atoms with Gasteiger partial charge < -0.3 is 0 Å². The molecule has 84 valence electrons. The van der Waals surface area contributed by atoms with Crippen molar-refractivity contribution in [3.05, 3.63) is 0 Å². The van der Waals surface area contributed by atoms with Gasteiger partial charge >= 0.3 is 86.0 Å². The van der Waals surface area contributed by atoms with E-state index in [1.807, 2.05) is 0 Å². The number of carbonyl (C=O) groups excluding carboxylic acids is 2. The van der Waals surface area contributed by atoms with Crippen LogP contribution < -0.4 is 10.2 Å². The topological polar surface area (TPSA) is 98.7 Å². The molecule has 0 heterocycles. The third-order valence-corrected chi connectivity index (χ3v) is 3.09. The van der Waals surface area contributed by atoms with Gasteiger partial charge in [0, 0.05) is 0 Å². The van der Waals surface area contributed by atoms with Crippen LogP contribution in [0.4, 0.5) is 0 Å². The number of hydrogen-bond acceptors (Lipinski definition) is 4. The van der Waals surface area contributed by atoms with Gasteiger partial charge in [-0.1, -0.05) is 0 Å². The Bertz CT molecular complexity index is 228. The molecule has 8 heteroatoms. The fourth-order valence-corrected chi connectivity index (χ4v) is 2.45. The number of carbonyl (C=O) groups is 2. The van der Waals surface area contributed by atoms with Gasteiger partial charge in [-0.05, 0) is 0 Å². The molecule has 0 aromatic rings. The molecule has 0 atom stereocenters. The summed E-state index contributed by atoms with van der Waals surface area (Å²) >= 11 is 5.32. The standard InChI is InChI=1S/C6H14ClN2O4P/c1-3-5(10)8-14(7,12,13)9-6(11)4-2/h12-13H,3-4H2,1-2H3,(H,8,10)(H,9,11). The van der Waals surface area contributed by atoms with E-state index in [1.165, 1.54) is 13.8 Å². The average molecular weight is 245 g/mol. The Balaban J connectivity index is 4.51. The van der Waals surface area contributed by atoms with E-state index in [0.29, 0.717) is 0 Å². The number of nitrogens with one attached hydrogen (secondary N) is 2. The van der Waals surface area contributed by atoms with Gasteiger partial charge in [-0.3, -0.25) is 0 Å². The SMILES string of the molecule is CCC(=O)NP(O)(O)(Cl)NC(=O)CC. The molecule has 0 unspecified atom stereocenters. The summed E-state index contributed by atoms with van der Waals surface area (Å²) < 4.78 is 0. The van der Waals surface area contributed by atoms with Gasteiger partial charge in [0.15, 0.2) is 0 Å². The second-order valence-corrected chi connectivity index (χ2v) is 6.91. The first-order chi connectivity index (χ1) is 6.18. The monoisotopic (exact) mass is 244 g/mol. The van der Waals surface area contributed by atoms with Crippen molar-refractivity contribution >= 4 is 29.8 Å². The van der Waals surface area contributed by atoms with Crippen LogP contribution in [0.2, 0.25) is 0 Å². The van der Waals surface area contributed by atoms with E-state index in [9.17, 15) is 19.4 Å². The molecule has 0 aliphatic rings. The zero-order chi connectivity index (χ0) is 11.4. The zero-order valence-electron chi connectivity index (χ0n) is 7.95. The molecule has 0 fully saturated rings. The minimum absolute atomic E-state index is 0.0355. The number of rotatable bonds is 4. The van der Waals surface area contributed by atoms with E-state index in [2.05, 4.69) is 0 Å². The Morgan fingerprint density at radius 1 is 1.14 bits per heavy atom.